The van der Waals surface area contributed by atoms with E-state index in [1.54, 1.807) is 19.1 Å². The summed E-state index contributed by atoms with van der Waals surface area (Å²) in [7, 11) is 0. The largest absolute Gasteiger partial charge is 0.444 e. The third kappa shape index (κ3) is 2.26. The Labute approximate surface area is 99.2 Å². The maximum atomic E-state index is 11.9. The van der Waals surface area contributed by atoms with Gasteiger partial charge in [0.05, 0.1) is 5.56 Å². The van der Waals surface area contributed by atoms with Crippen LogP contribution in [-0.2, 0) is 4.74 Å². The molecule has 0 saturated heterocycles. The van der Waals surface area contributed by atoms with Crippen LogP contribution in [0.1, 0.15) is 17.3 Å². The number of ether oxygens (including phenoxy) is 1. The van der Waals surface area contributed by atoms with Crippen LogP contribution >= 0.6 is 0 Å². The zero-order valence-electron chi connectivity index (χ0n) is 9.38. The molecule has 0 aliphatic carbocycles. The van der Waals surface area contributed by atoms with Gasteiger partial charge in [-0.2, -0.15) is 5.26 Å². The summed E-state index contributed by atoms with van der Waals surface area (Å²) in [5.41, 5.74) is 0.491. The molecule has 0 aromatic heterocycles. The summed E-state index contributed by atoms with van der Waals surface area (Å²) in [6, 6.07) is 14.9. The molecule has 3 nitrogen and oxygen atoms in total. The summed E-state index contributed by atoms with van der Waals surface area (Å²) < 4.78 is 4.99. The molecule has 0 aliphatic heterocycles. The van der Waals surface area contributed by atoms with Crippen LogP contribution in [0.25, 0.3) is 10.8 Å². The van der Waals surface area contributed by atoms with Crippen LogP contribution in [-0.4, -0.2) is 12.1 Å². The lowest BCUT2D eigenvalue weighted by atomic mass is 10.0. The molecule has 0 N–H and O–H groups in total. The molecule has 0 spiro atoms. The quantitative estimate of drug-likeness (QED) is 0.738. The predicted molar refractivity (Wildman–Crippen MR) is 64.4 cm³/mol. The molecule has 17 heavy (non-hydrogen) atoms. The molecule has 0 fully saturated rings. The highest BCUT2D eigenvalue weighted by Gasteiger charge is 2.13. The van der Waals surface area contributed by atoms with Crippen molar-refractivity contribution in [2.45, 2.75) is 13.0 Å². The van der Waals surface area contributed by atoms with Gasteiger partial charge in [0.25, 0.3) is 0 Å². The molecule has 0 amide bonds. The number of nitriles is 1. The minimum Gasteiger partial charge on any atom is -0.444 e. The van der Waals surface area contributed by atoms with Crippen molar-refractivity contribution in [3.8, 4) is 6.07 Å². The van der Waals surface area contributed by atoms with Crippen molar-refractivity contribution < 1.29 is 9.53 Å². The minimum atomic E-state index is -0.735. The lowest BCUT2D eigenvalue weighted by Crippen LogP contribution is -2.13. The van der Waals surface area contributed by atoms with E-state index in [1.165, 1.54) is 0 Å². The molecule has 2 aromatic rings. The van der Waals surface area contributed by atoms with Gasteiger partial charge in [0.1, 0.15) is 6.07 Å². The summed E-state index contributed by atoms with van der Waals surface area (Å²) in [5, 5.41) is 10.4. The van der Waals surface area contributed by atoms with Gasteiger partial charge < -0.3 is 4.74 Å². The van der Waals surface area contributed by atoms with Crippen molar-refractivity contribution in [2.24, 2.45) is 0 Å². The number of fused-ring (bicyclic) bond motifs is 1. The molecule has 2 rings (SSSR count). The molecular formula is C14H11NO2. The van der Waals surface area contributed by atoms with Gasteiger partial charge in [-0.05, 0) is 23.8 Å². The first kappa shape index (κ1) is 11.2. The van der Waals surface area contributed by atoms with E-state index in [-0.39, 0.29) is 0 Å². The summed E-state index contributed by atoms with van der Waals surface area (Å²) in [6.07, 6.45) is -0.735. The number of rotatable bonds is 2. The standard InChI is InChI=1S/C14H11NO2/c1-10(9-15)17-14(16)13-8-4-6-11-5-2-3-7-12(11)13/h2-8,10H,1H3. The molecule has 0 heterocycles. The molecule has 0 aliphatic rings. The average Bonchev–Trinajstić information content (AvgIpc) is 2.37. The van der Waals surface area contributed by atoms with Crippen LogP contribution in [0.15, 0.2) is 42.5 Å². The predicted octanol–water partition coefficient (Wildman–Crippen LogP) is 2.91. The number of carbonyl (C=O) groups excluding carboxylic acids is 1. The Kier molecular flexibility index (Phi) is 3.06. The van der Waals surface area contributed by atoms with E-state index in [4.69, 9.17) is 10.00 Å². The van der Waals surface area contributed by atoms with Crippen LogP contribution in [0.4, 0.5) is 0 Å². The maximum Gasteiger partial charge on any atom is 0.340 e. The van der Waals surface area contributed by atoms with Gasteiger partial charge in [-0.25, -0.2) is 4.79 Å². The Hall–Kier alpha value is -2.34. The minimum absolute atomic E-state index is 0.462. The number of hydrogen-bond donors (Lipinski definition) is 0. The summed E-state index contributed by atoms with van der Waals surface area (Å²) >= 11 is 0. The highest BCUT2D eigenvalue weighted by atomic mass is 16.5. The first-order valence-electron chi connectivity index (χ1n) is 5.30. The van der Waals surface area contributed by atoms with Crippen LogP contribution in [0, 0.1) is 11.3 Å². The summed E-state index contributed by atoms with van der Waals surface area (Å²) in [4.78, 5) is 11.9. The second kappa shape index (κ2) is 4.67. The fraction of sp³-hybridized carbons (Fsp3) is 0.143. The third-order valence-electron chi connectivity index (χ3n) is 2.48. The maximum absolute atomic E-state index is 11.9. The topological polar surface area (TPSA) is 50.1 Å². The first-order valence-corrected chi connectivity index (χ1v) is 5.30. The van der Waals surface area contributed by atoms with E-state index < -0.39 is 12.1 Å². The molecule has 1 unspecified atom stereocenters. The van der Waals surface area contributed by atoms with Gasteiger partial charge in [-0.1, -0.05) is 36.4 Å². The van der Waals surface area contributed by atoms with E-state index in [1.807, 2.05) is 36.4 Å². The van der Waals surface area contributed by atoms with E-state index in [0.29, 0.717) is 5.56 Å². The van der Waals surface area contributed by atoms with E-state index in [2.05, 4.69) is 0 Å². The van der Waals surface area contributed by atoms with Gasteiger partial charge in [0, 0.05) is 0 Å². The molecule has 1 atom stereocenters. The van der Waals surface area contributed by atoms with Crippen LogP contribution in [0.5, 0.6) is 0 Å². The second-order valence-corrected chi connectivity index (χ2v) is 3.70. The average molecular weight is 225 g/mol. The second-order valence-electron chi connectivity index (χ2n) is 3.70. The highest BCUT2D eigenvalue weighted by molar-refractivity contribution is 6.04. The van der Waals surface area contributed by atoms with Crippen LogP contribution in [0.2, 0.25) is 0 Å². The van der Waals surface area contributed by atoms with Crippen molar-refractivity contribution in [1.29, 1.82) is 5.26 Å². The molecule has 2 aromatic carbocycles. The van der Waals surface area contributed by atoms with E-state index in [0.717, 1.165) is 10.8 Å². The van der Waals surface area contributed by atoms with Crippen molar-refractivity contribution in [3.63, 3.8) is 0 Å². The highest BCUT2D eigenvalue weighted by Crippen LogP contribution is 2.19. The molecular weight excluding hydrogens is 214 g/mol. The Morgan fingerprint density at radius 1 is 1.24 bits per heavy atom. The van der Waals surface area contributed by atoms with Crippen LogP contribution < -0.4 is 0 Å². The number of nitrogens with zero attached hydrogens (tertiary/aromatic N) is 1. The number of benzene rings is 2. The van der Waals surface area contributed by atoms with Crippen LogP contribution in [0.3, 0.4) is 0 Å². The normalized spacial score (nSPS) is 11.8. The van der Waals surface area contributed by atoms with Gasteiger partial charge >= 0.3 is 5.97 Å². The van der Waals surface area contributed by atoms with Gasteiger partial charge in [0.15, 0.2) is 6.10 Å². The smallest absolute Gasteiger partial charge is 0.340 e. The Balaban J connectivity index is 2.42. The van der Waals surface area contributed by atoms with Crippen molar-refractivity contribution >= 4 is 16.7 Å². The lowest BCUT2D eigenvalue weighted by molar-refractivity contribution is 0.0438. The summed E-state index contributed by atoms with van der Waals surface area (Å²) in [5.74, 6) is -0.462. The molecule has 0 bridgehead atoms. The Morgan fingerprint density at radius 3 is 2.71 bits per heavy atom. The third-order valence-corrected chi connectivity index (χ3v) is 2.48. The zero-order valence-corrected chi connectivity index (χ0v) is 9.38. The summed E-state index contributed by atoms with van der Waals surface area (Å²) in [6.45, 7) is 1.54. The lowest BCUT2D eigenvalue weighted by Gasteiger charge is -2.08. The van der Waals surface area contributed by atoms with E-state index >= 15 is 0 Å². The number of carbonyl (C=O) groups is 1. The fourth-order valence-electron chi connectivity index (χ4n) is 1.65. The van der Waals surface area contributed by atoms with Crippen molar-refractivity contribution in [2.75, 3.05) is 0 Å². The molecule has 3 heteroatoms. The number of hydrogen-bond acceptors (Lipinski definition) is 3. The van der Waals surface area contributed by atoms with Crippen molar-refractivity contribution in [3.05, 3.63) is 48.0 Å². The number of esters is 1. The Bertz CT molecular complexity index is 593. The monoisotopic (exact) mass is 225 g/mol. The Morgan fingerprint density at radius 2 is 1.94 bits per heavy atom. The van der Waals surface area contributed by atoms with Crippen molar-refractivity contribution in [1.82, 2.24) is 0 Å². The molecule has 0 radical (unpaired) electrons. The zero-order chi connectivity index (χ0) is 12.3. The first-order chi connectivity index (χ1) is 8.22. The SMILES string of the molecule is CC(C#N)OC(=O)c1cccc2ccccc12. The molecule has 84 valence electrons. The molecule has 0 saturated carbocycles. The fourth-order valence-corrected chi connectivity index (χ4v) is 1.65. The van der Waals surface area contributed by atoms with Gasteiger partial charge in [-0.15, -0.1) is 0 Å². The van der Waals surface area contributed by atoms with Gasteiger partial charge in [-0.3, -0.25) is 0 Å². The van der Waals surface area contributed by atoms with E-state index in [9.17, 15) is 4.79 Å². The van der Waals surface area contributed by atoms with Gasteiger partial charge in [0.2, 0.25) is 0 Å².